The first kappa shape index (κ1) is 12.3. The molecule has 1 aromatic heterocycles. The van der Waals surface area contributed by atoms with Crippen LogP contribution in [0, 0.1) is 6.92 Å². The van der Waals surface area contributed by atoms with Gasteiger partial charge in [-0.15, -0.1) is 0 Å². The Hall–Kier alpha value is -1.13. The van der Waals surface area contributed by atoms with Gasteiger partial charge in [-0.3, -0.25) is 4.98 Å². The number of aryl methyl sites for hydroxylation is 1. The SMILES string of the molecule is COC(C)c1ncc(N2CCNCC2)cc1C. The molecular weight excluding hydrogens is 214 g/mol. The third-order valence-corrected chi connectivity index (χ3v) is 3.33. The molecule has 2 heterocycles. The minimum Gasteiger partial charge on any atom is -0.375 e. The molecule has 1 fully saturated rings. The van der Waals surface area contributed by atoms with Crippen molar-refractivity contribution < 1.29 is 4.74 Å². The molecule has 0 aliphatic carbocycles. The second-order valence-corrected chi connectivity index (χ2v) is 4.51. The van der Waals surface area contributed by atoms with Crippen molar-refractivity contribution >= 4 is 5.69 Å². The van der Waals surface area contributed by atoms with Crippen molar-refractivity contribution in [2.24, 2.45) is 0 Å². The number of hydrogen-bond acceptors (Lipinski definition) is 4. The predicted molar refractivity (Wildman–Crippen MR) is 69.5 cm³/mol. The van der Waals surface area contributed by atoms with Crippen LogP contribution < -0.4 is 10.2 Å². The second-order valence-electron chi connectivity index (χ2n) is 4.51. The highest BCUT2D eigenvalue weighted by molar-refractivity contribution is 5.48. The Kier molecular flexibility index (Phi) is 3.97. The molecule has 4 nitrogen and oxygen atoms in total. The Morgan fingerprint density at radius 3 is 2.71 bits per heavy atom. The van der Waals surface area contributed by atoms with E-state index in [9.17, 15) is 0 Å². The molecule has 4 heteroatoms. The maximum atomic E-state index is 5.32. The summed E-state index contributed by atoms with van der Waals surface area (Å²) in [5.41, 5.74) is 3.46. The number of anilines is 1. The normalized spacial score (nSPS) is 18.2. The summed E-state index contributed by atoms with van der Waals surface area (Å²) in [5, 5.41) is 3.36. The fourth-order valence-corrected chi connectivity index (χ4v) is 2.20. The predicted octanol–water partition coefficient (Wildman–Crippen LogP) is 1.51. The molecule has 0 saturated carbocycles. The molecule has 2 rings (SSSR count). The van der Waals surface area contributed by atoms with E-state index in [1.165, 1.54) is 11.3 Å². The van der Waals surface area contributed by atoms with Gasteiger partial charge in [0.2, 0.25) is 0 Å². The van der Waals surface area contributed by atoms with Crippen molar-refractivity contribution in [1.29, 1.82) is 0 Å². The van der Waals surface area contributed by atoms with Gasteiger partial charge >= 0.3 is 0 Å². The van der Waals surface area contributed by atoms with Gasteiger partial charge in [0, 0.05) is 33.3 Å². The summed E-state index contributed by atoms with van der Waals surface area (Å²) in [7, 11) is 1.72. The van der Waals surface area contributed by atoms with E-state index >= 15 is 0 Å². The third-order valence-electron chi connectivity index (χ3n) is 3.33. The molecule has 1 atom stereocenters. The van der Waals surface area contributed by atoms with Crippen LogP contribution in [0.4, 0.5) is 5.69 Å². The zero-order valence-electron chi connectivity index (χ0n) is 10.9. The van der Waals surface area contributed by atoms with Gasteiger partial charge < -0.3 is 15.0 Å². The molecule has 94 valence electrons. The van der Waals surface area contributed by atoms with Gasteiger partial charge in [-0.2, -0.15) is 0 Å². The summed E-state index contributed by atoms with van der Waals surface area (Å²) < 4.78 is 5.32. The number of aromatic nitrogens is 1. The molecule has 0 aromatic carbocycles. The molecule has 1 unspecified atom stereocenters. The molecule has 1 aliphatic heterocycles. The van der Waals surface area contributed by atoms with Gasteiger partial charge in [0.05, 0.1) is 23.7 Å². The molecule has 1 saturated heterocycles. The van der Waals surface area contributed by atoms with Crippen LogP contribution in [0.5, 0.6) is 0 Å². The van der Waals surface area contributed by atoms with E-state index in [0.717, 1.165) is 31.9 Å². The maximum absolute atomic E-state index is 5.32. The first-order valence-electron chi connectivity index (χ1n) is 6.17. The van der Waals surface area contributed by atoms with Crippen LogP contribution in [-0.2, 0) is 4.74 Å². The quantitative estimate of drug-likeness (QED) is 0.861. The number of piperazine rings is 1. The van der Waals surface area contributed by atoms with E-state index in [0.29, 0.717) is 0 Å². The molecule has 0 radical (unpaired) electrons. The number of rotatable bonds is 3. The molecular formula is C13H21N3O. The van der Waals surface area contributed by atoms with Gasteiger partial charge in [-0.1, -0.05) is 0 Å². The largest absolute Gasteiger partial charge is 0.375 e. The van der Waals surface area contributed by atoms with Crippen LogP contribution in [0.1, 0.15) is 24.3 Å². The van der Waals surface area contributed by atoms with Crippen LogP contribution >= 0.6 is 0 Å². The highest BCUT2D eigenvalue weighted by Crippen LogP contribution is 2.22. The van der Waals surface area contributed by atoms with Gasteiger partial charge in [-0.25, -0.2) is 0 Å². The molecule has 0 spiro atoms. The number of nitrogens with zero attached hydrogens (tertiary/aromatic N) is 2. The molecule has 1 aliphatic rings. The van der Waals surface area contributed by atoms with Gasteiger partial charge in [0.25, 0.3) is 0 Å². The number of ether oxygens (including phenoxy) is 1. The smallest absolute Gasteiger partial charge is 0.0965 e. The molecule has 1 N–H and O–H groups in total. The average Bonchev–Trinajstić information content (AvgIpc) is 2.39. The van der Waals surface area contributed by atoms with Crippen molar-refractivity contribution in [3.8, 4) is 0 Å². The number of hydrogen-bond donors (Lipinski definition) is 1. The fourth-order valence-electron chi connectivity index (χ4n) is 2.20. The van der Waals surface area contributed by atoms with Crippen molar-refractivity contribution in [3.63, 3.8) is 0 Å². The van der Waals surface area contributed by atoms with E-state index < -0.39 is 0 Å². The number of pyridine rings is 1. The summed E-state index contributed by atoms with van der Waals surface area (Å²) in [6, 6.07) is 2.21. The Bertz CT molecular complexity index is 375. The molecule has 0 amide bonds. The van der Waals surface area contributed by atoms with Crippen LogP contribution in [0.3, 0.4) is 0 Å². The van der Waals surface area contributed by atoms with Crippen molar-refractivity contribution in [1.82, 2.24) is 10.3 Å². The topological polar surface area (TPSA) is 37.4 Å². The molecule has 1 aromatic rings. The lowest BCUT2D eigenvalue weighted by Crippen LogP contribution is -2.43. The summed E-state index contributed by atoms with van der Waals surface area (Å²) in [5.74, 6) is 0. The van der Waals surface area contributed by atoms with Gasteiger partial charge in [0.1, 0.15) is 0 Å². The van der Waals surface area contributed by atoms with E-state index in [1.54, 1.807) is 7.11 Å². The number of methoxy groups -OCH3 is 1. The molecule has 17 heavy (non-hydrogen) atoms. The summed E-state index contributed by atoms with van der Waals surface area (Å²) in [6.07, 6.45) is 2.02. The summed E-state index contributed by atoms with van der Waals surface area (Å²) in [4.78, 5) is 6.91. The van der Waals surface area contributed by atoms with Gasteiger partial charge in [-0.05, 0) is 25.5 Å². The minimum atomic E-state index is 0.0621. The zero-order valence-corrected chi connectivity index (χ0v) is 10.9. The van der Waals surface area contributed by atoms with Crippen molar-refractivity contribution in [2.75, 3.05) is 38.2 Å². The van der Waals surface area contributed by atoms with Crippen molar-refractivity contribution in [3.05, 3.63) is 23.5 Å². The van der Waals surface area contributed by atoms with Gasteiger partial charge in [0.15, 0.2) is 0 Å². The number of nitrogens with one attached hydrogen (secondary N) is 1. The van der Waals surface area contributed by atoms with Crippen LogP contribution in [0.15, 0.2) is 12.3 Å². The van der Waals surface area contributed by atoms with Crippen LogP contribution in [0.25, 0.3) is 0 Å². The summed E-state index contributed by atoms with van der Waals surface area (Å²) in [6.45, 7) is 8.34. The van der Waals surface area contributed by atoms with Crippen LogP contribution in [0.2, 0.25) is 0 Å². The fraction of sp³-hybridized carbons (Fsp3) is 0.615. The van der Waals surface area contributed by atoms with E-state index in [-0.39, 0.29) is 6.10 Å². The summed E-state index contributed by atoms with van der Waals surface area (Å²) >= 11 is 0. The van der Waals surface area contributed by atoms with E-state index in [2.05, 4.69) is 28.2 Å². The van der Waals surface area contributed by atoms with E-state index in [4.69, 9.17) is 4.74 Å². The minimum absolute atomic E-state index is 0.0621. The highest BCUT2D eigenvalue weighted by atomic mass is 16.5. The van der Waals surface area contributed by atoms with Crippen molar-refractivity contribution in [2.45, 2.75) is 20.0 Å². The first-order valence-corrected chi connectivity index (χ1v) is 6.17. The Morgan fingerprint density at radius 1 is 1.41 bits per heavy atom. The second kappa shape index (κ2) is 5.47. The highest BCUT2D eigenvalue weighted by Gasteiger charge is 2.14. The zero-order chi connectivity index (χ0) is 12.3. The lowest BCUT2D eigenvalue weighted by Gasteiger charge is -2.29. The molecule has 0 bridgehead atoms. The first-order chi connectivity index (χ1) is 8.22. The standard InChI is InChI=1S/C13H21N3O/c1-10-8-12(16-6-4-14-5-7-16)9-15-13(10)11(2)17-3/h8-9,11,14H,4-7H2,1-3H3. The third kappa shape index (κ3) is 2.76. The lowest BCUT2D eigenvalue weighted by atomic mass is 10.1. The maximum Gasteiger partial charge on any atom is 0.0965 e. The Morgan fingerprint density at radius 2 is 2.12 bits per heavy atom. The lowest BCUT2D eigenvalue weighted by molar-refractivity contribution is 0.115. The monoisotopic (exact) mass is 235 g/mol. The average molecular weight is 235 g/mol. The van der Waals surface area contributed by atoms with Crippen LogP contribution in [-0.4, -0.2) is 38.3 Å². The van der Waals surface area contributed by atoms with E-state index in [1.807, 2.05) is 13.1 Å². The Labute approximate surface area is 103 Å². The Balaban J connectivity index is 2.17.